The molecule has 2 unspecified atom stereocenters. The maximum atomic E-state index is 11.5. The van der Waals surface area contributed by atoms with Gasteiger partial charge in [-0.1, -0.05) is 34.6 Å². The van der Waals surface area contributed by atoms with Gasteiger partial charge in [-0.2, -0.15) is 5.26 Å². The maximum absolute atomic E-state index is 11.5. The Morgan fingerprint density at radius 1 is 1.47 bits per heavy atom. The molecule has 0 aliphatic rings. The molecule has 0 saturated heterocycles. The molecule has 0 saturated carbocycles. The lowest BCUT2D eigenvalue weighted by Crippen LogP contribution is -2.36. The summed E-state index contributed by atoms with van der Waals surface area (Å²) in [6, 6.07) is 2.00. The van der Waals surface area contributed by atoms with E-state index in [1.54, 1.807) is 0 Å². The normalized spacial score (nSPS) is 15.2. The number of amides is 1. The van der Waals surface area contributed by atoms with Gasteiger partial charge in [0.05, 0.1) is 6.07 Å². The van der Waals surface area contributed by atoms with Gasteiger partial charge >= 0.3 is 0 Å². The molecule has 0 aliphatic carbocycles. The van der Waals surface area contributed by atoms with E-state index in [9.17, 15) is 4.79 Å². The molecule has 0 fully saturated rings. The first kappa shape index (κ1) is 14.0. The Kier molecular flexibility index (Phi) is 5.35. The van der Waals surface area contributed by atoms with Crippen LogP contribution in [0.25, 0.3) is 0 Å². The number of rotatable bonds is 4. The zero-order valence-electron chi connectivity index (χ0n) is 10.4. The van der Waals surface area contributed by atoms with Crippen molar-refractivity contribution in [3.8, 4) is 6.07 Å². The van der Waals surface area contributed by atoms with Crippen LogP contribution >= 0.6 is 0 Å². The van der Waals surface area contributed by atoms with Gasteiger partial charge in [-0.05, 0) is 17.8 Å². The molecule has 3 heteroatoms. The first-order chi connectivity index (χ1) is 6.82. The van der Waals surface area contributed by atoms with Gasteiger partial charge in [0, 0.05) is 6.54 Å². The minimum atomic E-state index is -0.503. The second-order valence-electron chi connectivity index (χ2n) is 5.10. The van der Waals surface area contributed by atoms with Crippen LogP contribution in [0.3, 0.4) is 0 Å². The molecule has 0 aromatic rings. The minimum absolute atomic E-state index is 0.142. The molecule has 0 bridgehead atoms. The minimum Gasteiger partial charge on any atom is -0.355 e. The third-order valence-corrected chi connectivity index (χ3v) is 2.94. The fraction of sp³-hybridized carbons (Fsp3) is 0.833. The van der Waals surface area contributed by atoms with E-state index in [4.69, 9.17) is 5.26 Å². The summed E-state index contributed by atoms with van der Waals surface area (Å²) in [7, 11) is 0. The molecule has 0 rings (SSSR count). The van der Waals surface area contributed by atoms with Gasteiger partial charge in [0.25, 0.3) is 0 Å². The van der Waals surface area contributed by atoms with Crippen LogP contribution in [-0.4, -0.2) is 12.5 Å². The van der Waals surface area contributed by atoms with Crippen molar-refractivity contribution in [2.75, 3.05) is 6.54 Å². The van der Waals surface area contributed by atoms with Gasteiger partial charge in [0.2, 0.25) is 5.91 Å². The Labute approximate surface area is 92.9 Å². The average Bonchev–Trinajstić information content (AvgIpc) is 2.14. The average molecular weight is 210 g/mol. The van der Waals surface area contributed by atoms with E-state index in [0.717, 1.165) is 0 Å². The Bertz CT molecular complexity index is 247. The summed E-state index contributed by atoms with van der Waals surface area (Å²) in [5.41, 5.74) is 0.182. The van der Waals surface area contributed by atoms with Crippen molar-refractivity contribution in [1.82, 2.24) is 5.32 Å². The Balaban J connectivity index is 4.07. The summed E-state index contributed by atoms with van der Waals surface area (Å²) in [6.45, 7) is 11.0. The highest BCUT2D eigenvalue weighted by molar-refractivity contribution is 5.80. The van der Waals surface area contributed by atoms with E-state index in [1.165, 1.54) is 0 Å². The summed E-state index contributed by atoms with van der Waals surface area (Å²) in [5, 5.41) is 11.5. The summed E-state index contributed by atoms with van der Waals surface area (Å²) >= 11 is 0. The number of hydrogen-bond acceptors (Lipinski definition) is 2. The Morgan fingerprint density at radius 3 is 2.33 bits per heavy atom. The van der Waals surface area contributed by atoms with E-state index in [2.05, 4.69) is 33.0 Å². The lowest BCUT2D eigenvalue weighted by Gasteiger charge is -2.27. The third kappa shape index (κ3) is 4.83. The second-order valence-corrected chi connectivity index (χ2v) is 5.10. The molecule has 15 heavy (non-hydrogen) atoms. The third-order valence-electron chi connectivity index (χ3n) is 2.94. The summed E-state index contributed by atoms with van der Waals surface area (Å²) in [5.74, 6) is -0.245. The van der Waals surface area contributed by atoms with Crippen LogP contribution in [0.2, 0.25) is 0 Å². The smallest absolute Gasteiger partial charge is 0.237 e. The van der Waals surface area contributed by atoms with Crippen molar-refractivity contribution in [1.29, 1.82) is 5.26 Å². The molecule has 0 aromatic carbocycles. The fourth-order valence-electron chi connectivity index (χ4n) is 1.02. The highest BCUT2D eigenvalue weighted by atomic mass is 16.1. The topological polar surface area (TPSA) is 52.9 Å². The highest BCUT2D eigenvalue weighted by Gasteiger charge is 2.22. The fourth-order valence-corrected chi connectivity index (χ4v) is 1.02. The molecular formula is C12H22N2O. The molecule has 1 amide bonds. The predicted molar refractivity (Wildman–Crippen MR) is 61.0 cm³/mol. The van der Waals surface area contributed by atoms with Crippen LogP contribution in [-0.2, 0) is 4.79 Å². The molecule has 86 valence electrons. The van der Waals surface area contributed by atoms with Crippen molar-refractivity contribution in [2.45, 2.75) is 41.0 Å². The van der Waals surface area contributed by atoms with Crippen LogP contribution in [0.5, 0.6) is 0 Å². The predicted octanol–water partition coefficient (Wildman–Crippen LogP) is 2.33. The molecular weight excluding hydrogens is 188 g/mol. The zero-order chi connectivity index (χ0) is 12.1. The molecule has 2 atom stereocenters. The lowest BCUT2D eigenvalue weighted by molar-refractivity contribution is -0.123. The maximum Gasteiger partial charge on any atom is 0.237 e. The first-order valence-corrected chi connectivity index (χ1v) is 5.50. The van der Waals surface area contributed by atoms with Crippen LogP contribution < -0.4 is 5.32 Å². The van der Waals surface area contributed by atoms with E-state index in [0.29, 0.717) is 18.9 Å². The number of hydrogen-bond donors (Lipinski definition) is 1. The number of carbonyl (C=O) groups is 1. The Morgan fingerprint density at radius 2 is 2.00 bits per heavy atom. The van der Waals surface area contributed by atoms with Gasteiger partial charge in [-0.3, -0.25) is 4.79 Å². The summed E-state index contributed by atoms with van der Waals surface area (Å²) in [6.07, 6.45) is 0.576. The second kappa shape index (κ2) is 5.75. The number of nitriles is 1. The molecule has 0 heterocycles. The lowest BCUT2D eigenvalue weighted by atomic mass is 9.82. The first-order valence-electron chi connectivity index (χ1n) is 5.50. The SMILES string of the molecule is CCC(C#N)C(=O)NCC(C)C(C)(C)C. The van der Waals surface area contributed by atoms with Crippen molar-refractivity contribution >= 4 is 5.91 Å². The van der Waals surface area contributed by atoms with Gasteiger partial charge in [-0.25, -0.2) is 0 Å². The number of nitrogens with one attached hydrogen (secondary N) is 1. The van der Waals surface area contributed by atoms with Crippen molar-refractivity contribution < 1.29 is 4.79 Å². The molecule has 1 N–H and O–H groups in total. The van der Waals surface area contributed by atoms with E-state index < -0.39 is 5.92 Å². The summed E-state index contributed by atoms with van der Waals surface area (Å²) < 4.78 is 0. The summed E-state index contributed by atoms with van der Waals surface area (Å²) in [4.78, 5) is 11.5. The van der Waals surface area contributed by atoms with Gasteiger partial charge < -0.3 is 5.32 Å². The number of nitrogens with zero attached hydrogens (tertiary/aromatic N) is 1. The van der Waals surface area contributed by atoms with E-state index in [-0.39, 0.29) is 11.3 Å². The van der Waals surface area contributed by atoms with Crippen molar-refractivity contribution in [2.24, 2.45) is 17.3 Å². The zero-order valence-corrected chi connectivity index (χ0v) is 10.4. The van der Waals surface area contributed by atoms with Crippen molar-refractivity contribution in [3.05, 3.63) is 0 Å². The van der Waals surface area contributed by atoms with Gasteiger partial charge in [0.1, 0.15) is 5.92 Å². The van der Waals surface area contributed by atoms with Crippen LogP contribution in [0.1, 0.15) is 41.0 Å². The molecule has 0 aromatic heterocycles. The number of carbonyl (C=O) groups excluding carboxylic acids is 1. The molecule has 0 aliphatic heterocycles. The van der Waals surface area contributed by atoms with E-state index >= 15 is 0 Å². The molecule has 0 spiro atoms. The van der Waals surface area contributed by atoms with Crippen LogP contribution in [0.15, 0.2) is 0 Å². The van der Waals surface area contributed by atoms with Crippen molar-refractivity contribution in [3.63, 3.8) is 0 Å². The molecule has 0 radical (unpaired) electrons. The van der Waals surface area contributed by atoms with Crippen LogP contribution in [0.4, 0.5) is 0 Å². The standard InChI is InChI=1S/C12H22N2O/c1-6-10(7-13)11(15)14-8-9(2)12(3,4)5/h9-10H,6,8H2,1-5H3,(H,14,15). The highest BCUT2D eigenvalue weighted by Crippen LogP contribution is 2.24. The molecule has 3 nitrogen and oxygen atoms in total. The Hall–Kier alpha value is -1.04. The van der Waals surface area contributed by atoms with Gasteiger partial charge in [-0.15, -0.1) is 0 Å². The van der Waals surface area contributed by atoms with Gasteiger partial charge in [0.15, 0.2) is 0 Å². The van der Waals surface area contributed by atoms with Crippen LogP contribution in [0, 0.1) is 28.6 Å². The quantitative estimate of drug-likeness (QED) is 0.774. The largest absolute Gasteiger partial charge is 0.355 e. The monoisotopic (exact) mass is 210 g/mol. The van der Waals surface area contributed by atoms with E-state index in [1.807, 2.05) is 13.0 Å².